The lowest BCUT2D eigenvalue weighted by atomic mass is 9.94. The summed E-state index contributed by atoms with van der Waals surface area (Å²) in [4.78, 5) is 8.74. The number of fused-ring (bicyclic) bond motifs is 1. The number of rotatable bonds is 3. The molecule has 0 radical (unpaired) electrons. The van der Waals surface area contributed by atoms with Gasteiger partial charge in [0, 0.05) is 5.56 Å². The highest BCUT2D eigenvalue weighted by atomic mass is 16.5. The van der Waals surface area contributed by atoms with Crippen LogP contribution < -0.4 is 4.74 Å². The zero-order valence-electron chi connectivity index (χ0n) is 13.4. The van der Waals surface area contributed by atoms with Crippen LogP contribution in [-0.2, 0) is 0 Å². The van der Waals surface area contributed by atoms with Crippen molar-refractivity contribution in [3.8, 4) is 5.75 Å². The molecule has 1 unspecified atom stereocenters. The zero-order chi connectivity index (χ0) is 17.2. The molecule has 1 aliphatic rings. The standard InChI is InChI=1S/C18H15N5O2/c1-25-14-9-7-13(8-10-14)17-16(22-24)15(12-5-3-2-4-6-12)21-18-19-11-20-23(17)18/h2-11,17,24H,1H3/b22-16-. The highest BCUT2D eigenvalue weighted by Gasteiger charge is 2.33. The Morgan fingerprint density at radius 2 is 1.84 bits per heavy atom. The summed E-state index contributed by atoms with van der Waals surface area (Å²) in [6.07, 6.45) is 1.44. The van der Waals surface area contributed by atoms with E-state index in [0.717, 1.165) is 16.9 Å². The number of hydrogen-bond acceptors (Lipinski definition) is 6. The number of benzene rings is 2. The molecule has 1 aromatic heterocycles. The van der Waals surface area contributed by atoms with Gasteiger partial charge in [-0.25, -0.2) is 9.67 Å². The van der Waals surface area contributed by atoms with E-state index in [0.29, 0.717) is 17.4 Å². The minimum absolute atomic E-state index is 0.411. The van der Waals surface area contributed by atoms with Gasteiger partial charge in [-0.15, -0.1) is 0 Å². The molecule has 0 fully saturated rings. The number of aliphatic imine (C=N–C) groups is 1. The number of hydrogen-bond donors (Lipinski definition) is 1. The first-order valence-electron chi connectivity index (χ1n) is 7.71. The van der Waals surface area contributed by atoms with Gasteiger partial charge in [0.25, 0.3) is 0 Å². The molecule has 124 valence electrons. The second kappa shape index (κ2) is 6.20. The molecule has 7 nitrogen and oxygen atoms in total. The third-order valence-corrected chi connectivity index (χ3v) is 4.10. The predicted octanol–water partition coefficient (Wildman–Crippen LogP) is 2.84. The Morgan fingerprint density at radius 3 is 2.52 bits per heavy atom. The second-order valence-corrected chi connectivity index (χ2v) is 5.49. The van der Waals surface area contributed by atoms with Gasteiger partial charge in [-0.2, -0.15) is 10.1 Å². The molecular formula is C18H15N5O2. The van der Waals surface area contributed by atoms with Gasteiger partial charge < -0.3 is 9.94 Å². The lowest BCUT2D eigenvalue weighted by molar-refractivity contribution is 0.316. The topological polar surface area (TPSA) is 84.9 Å². The van der Waals surface area contributed by atoms with Crippen molar-refractivity contribution in [2.24, 2.45) is 10.1 Å². The van der Waals surface area contributed by atoms with Crippen LogP contribution in [0.2, 0.25) is 0 Å². The minimum Gasteiger partial charge on any atom is -0.497 e. The molecule has 4 rings (SSSR count). The molecule has 7 heteroatoms. The van der Waals surface area contributed by atoms with E-state index in [1.165, 1.54) is 6.33 Å². The average molecular weight is 333 g/mol. The average Bonchev–Trinajstić information content (AvgIpc) is 3.15. The van der Waals surface area contributed by atoms with E-state index in [9.17, 15) is 5.21 Å². The molecule has 2 aromatic carbocycles. The first kappa shape index (κ1) is 15.1. The summed E-state index contributed by atoms with van der Waals surface area (Å²) in [7, 11) is 1.62. The van der Waals surface area contributed by atoms with E-state index in [4.69, 9.17) is 4.74 Å². The number of nitrogens with zero attached hydrogens (tertiary/aromatic N) is 5. The van der Waals surface area contributed by atoms with Gasteiger partial charge in [-0.3, -0.25) is 0 Å². The Labute approximate surface area is 143 Å². The van der Waals surface area contributed by atoms with Crippen LogP contribution in [-0.4, -0.2) is 38.5 Å². The molecule has 0 aliphatic carbocycles. The largest absolute Gasteiger partial charge is 0.497 e. The molecule has 0 spiro atoms. The Morgan fingerprint density at radius 1 is 1.08 bits per heavy atom. The zero-order valence-corrected chi connectivity index (χ0v) is 13.4. The van der Waals surface area contributed by atoms with E-state index in [-0.39, 0.29) is 0 Å². The molecule has 0 saturated carbocycles. The maximum Gasteiger partial charge on any atom is 0.249 e. The van der Waals surface area contributed by atoms with Gasteiger partial charge in [-0.1, -0.05) is 47.6 Å². The Hall–Kier alpha value is -3.48. The first-order chi connectivity index (χ1) is 12.3. The lowest BCUT2D eigenvalue weighted by Gasteiger charge is -2.24. The molecular weight excluding hydrogens is 318 g/mol. The van der Waals surface area contributed by atoms with Crippen molar-refractivity contribution >= 4 is 17.4 Å². The van der Waals surface area contributed by atoms with Crippen LogP contribution >= 0.6 is 0 Å². The summed E-state index contributed by atoms with van der Waals surface area (Å²) in [6, 6.07) is 16.7. The van der Waals surface area contributed by atoms with Crippen molar-refractivity contribution in [2.45, 2.75) is 6.04 Å². The van der Waals surface area contributed by atoms with Gasteiger partial charge in [0.05, 0.1) is 7.11 Å². The molecule has 25 heavy (non-hydrogen) atoms. The van der Waals surface area contributed by atoms with E-state index < -0.39 is 6.04 Å². The van der Waals surface area contributed by atoms with Gasteiger partial charge >= 0.3 is 0 Å². The monoisotopic (exact) mass is 333 g/mol. The molecule has 1 N–H and O–H groups in total. The number of oxime groups is 1. The van der Waals surface area contributed by atoms with Crippen LogP contribution in [0.3, 0.4) is 0 Å². The molecule has 0 amide bonds. The summed E-state index contributed by atoms with van der Waals surface area (Å²) in [5.74, 6) is 1.21. The van der Waals surface area contributed by atoms with Crippen molar-refractivity contribution in [1.29, 1.82) is 0 Å². The van der Waals surface area contributed by atoms with Crippen molar-refractivity contribution in [2.75, 3.05) is 7.11 Å². The van der Waals surface area contributed by atoms with E-state index >= 15 is 0 Å². The highest BCUT2D eigenvalue weighted by Crippen LogP contribution is 2.31. The normalized spacial score (nSPS) is 17.9. The molecule has 1 aliphatic heterocycles. The van der Waals surface area contributed by atoms with Crippen LogP contribution in [0.5, 0.6) is 5.75 Å². The summed E-state index contributed by atoms with van der Waals surface area (Å²) in [6.45, 7) is 0. The molecule has 0 bridgehead atoms. The number of aromatic nitrogens is 3. The maximum absolute atomic E-state index is 9.74. The quantitative estimate of drug-likeness (QED) is 0.590. The number of ether oxygens (including phenoxy) is 1. The smallest absolute Gasteiger partial charge is 0.249 e. The van der Waals surface area contributed by atoms with Crippen LogP contribution in [0.25, 0.3) is 0 Å². The summed E-state index contributed by atoms with van der Waals surface area (Å²) in [5, 5.41) is 17.5. The van der Waals surface area contributed by atoms with Gasteiger partial charge in [-0.05, 0) is 17.7 Å². The van der Waals surface area contributed by atoms with Crippen molar-refractivity contribution < 1.29 is 9.94 Å². The summed E-state index contributed by atoms with van der Waals surface area (Å²) < 4.78 is 6.86. The Bertz CT molecular complexity index is 945. The fraction of sp³-hybridized carbons (Fsp3) is 0.111. The third-order valence-electron chi connectivity index (χ3n) is 4.10. The van der Waals surface area contributed by atoms with Gasteiger partial charge in [0.2, 0.25) is 5.95 Å². The molecule has 0 saturated heterocycles. The Balaban J connectivity index is 1.88. The molecule has 1 atom stereocenters. The van der Waals surface area contributed by atoms with E-state index in [2.05, 4.69) is 20.2 Å². The fourth-order valence-electron chi connectivity index (χ4n) is 2.90. The van der Waals surface area contributed by atoms with E-state index in [1.54, 1.807) is 11.8 Å². The van der Waals surface area contributed by atoms with Crippen LogP contribution in [0.15, 0.2) is 71.1 Å². The maximum atomic E-state index is 9.74. The molecule has 2 heterocycles. The molecule has 3 aromatic rings. The van der Waals surface area contributed by atoms with Crippen molar-refractivity contribution in [3.63, 3.8) is 0 Å². The van der Waals surface area contributed by atoms with Crippen LogP contribution in [0.1, 0.15) is 17.2 Å². The lowest BCUT2D eigenvalue weighted by Crippen LogP contribution is -2.32. The van der Waals surface area contributed by atoms with Crippen LogP contribution in [0.4, 0.5) is 5.95 Å². The first-order valence-corrected chi connectivity index (χ1v) is 7.71. The highest BCUT2D eigenvalue weighted by molar-refractivity contribution is 6.50. The second-order valence-electron chi connectivity index (χ2n) is 5.49. The predicted molar refractivity (Wildman–Crippen MR) is 93.0 cm³/mol. The number of methoxy groups -OCH3 is 1. The van der Waals surface area contributed by atoms with Crippen molar-refractivity contribution in [3.05, 3.63) is 72.1 Å². The SMILES string of the molecule is COc1ccc(C2/C(=N\O)C(c3ccccc3)=Nc3ncnn32)cc1. The summed E-state index contributed by atoms with van der Waals surface area (Å²) in [5.41, 5.74) is 2.73. The third kappa shape index (κ3) is 2.55. The van der Waals surface area contributed by atoms with Gasteiger partial charge in [0.15, 0.2) is 0 Å². The Kier molecular flexibility index (Phi) is 3.74. The van der Waals surface area contributed by atoms with Crippen molar-refractivity contribution in [1.82, 2.24) is 14.8 Å². The van der Waals surface area contributed by atoms with E-state index in [1.807, 2.05) is 54.6 Å². The fourth-order valence-corrected chi connectivity index (χ4v) is 2.90. The summed E-state index contributed by atoms with van der Waals surface area (Å²) >= 11 is 0. The van der Waals surface area contributed by atoms with Crippen LogP contribution in [0, 0.1) is 0 Å². The minimum atomic E-state index is -0.430. The van der Waals surface area contributed by atoms with Gasteiger partial charge in [0.1, 0.15) is 29.5 Å².